The first-order chi connectivity index (χ1) is 4.13. The second kappa shape index (κ2) is 1.98. The van der Waals surface area contributed by atoms with Crippen molar-refractivity contribution in [2.24, 2.45) is 17.3 Å². The summed E-state index contributed by atoms with van der Waals surface area (Å²) >= 11 is 0. The van der Waals surface area contributed by atoms with Gasteiger partial charge in [0.1, 0.15) is 0 Å². The Morgan fingerprint density at radius 1 is 1.33 bits per heavy atom. The van der Waals surface area contributed by atoms with Crippen LogP contribution in [0.15, 0.2) is 0 Å². The molecule has 0 saturated heterocycles. The Hall–Kier alpha value is -0.0400. The summed E-state index contributed by atoms with van der Waals surface area (Å²) in [7, 11) is 1.78. The molecule has 0 aromatic heterocycles. The summed E-state index contributed by atoms with van der Waals surface area (Å²) in [5.41, 5.74) is 0.495. The Bertz CT molecular complexity index is 101. The summed E-state index contributed by atoms with van der Waals surface area (Å²) in [4.78, 5) is 0. The molecule has 1 rings (SSSR count). The highest BCUT2D eigenvalue weighted by molar-refractivity contribution is 5.02. The van der Waals surface area contributed by atoms with Gasteiger partial charge in [-0.15, -0.1) is 0 Å². The molecule has 1 aliphatic rings. The fourth-order valence-electron chi connectivity index (χ4n) is 1.64. The summed E-state index contributed by atoms with van der Waals surface area (Å²) in [6.07, 6.45) is 0. The zero-order valence-electron chi connectivity index (χ0n) is 6.77. The van der Waals surface area contributed by atoms with Crippen LogP contribution in [0.25, 0.3) is 0 Å². The van der Waals surface area contributed by atoms with Gasteiger partial charge in [0.2, 0.25) is 0 Å². The van der Waals surface area contributed by atoms with Gasteiger partial charge in [-0.05, 0) is 17.3 Å². The van der Waals surface area contributed by atoms with Crippen LogP contribution in [0.2, 0.25) is 0 Å². The minimum atomic E-state index is 0.495. The molecule has 0 radical (unpaired) electrons. The van der Waals surface area contributed by atoms with Crippen molar-refractivity contribution in [2.45, 2.75) is 20.8 Å². The zero-order valence-corrected chi connectivity index (χ0v) is 6.77. The molecule has 2 atom stereocenters. The minimum absolute atomic E-state index is 0.495. The van der Waals surface area contributed by atoms with Gasteiger partial charge in [-0.2, -0.15) is 0 Å². The summed E-state index contributed by atoms with van der Waals surface area (Å²) in [5.74, 6) is 1.72. The Morgan fingerprint density at radius 3 is 1.89 bits per heavy atom. The van der Waals surface area contributed by atoms with Gasteiger partial charge in [-0.25, -0.2) is 0 Å². The number of hydrogen-bond acceptors (Lipinski definition) is 1. The van der Waals surface area contributed by atoms with Crippen molar-refractivity contribution in [3.63, 3.8) is 0 Å². The van der Waals surface area contributed by atoms with Gasteiger partial charge in [-0.1, -0.05) is 20.8 Å². The lowest BCUT2D eigenvalue weighted by Gasteiger charge is -2.07. The van der Waals surface area contributed by atoms with Crippen LogP contribution in [0.5, 0.6) is 0 Å². The van der Waals surface area contributed by atoms with Crippen molar-refractivity contribution in [1.82, 2.24) is 0 Å². The summed E-state index contributed by atoms with van der Waals surface area (Å²) in [5, 5.41) is 0. The topological polar surface area (TPSA) is 9.23 Å². The lowest BCUT2D eigenvalue weighted by Crippen LogP contribution is -2.07. The van der Waals surface area contributed by atoms with E-state index >= 15 is 0 Å². The molecule has 0 aromatic rings. The lowest BCUT2D eigenvalue weighted by molar-refractivity contribution is 0.137. The maximum atomic E-state index is 5.11. The monoisotopic (exact) mass is 128 g/mol. The molecule has 1 nitrogen and oxygen atoms in total. The number of ether oxygens (including phenoxy) is 1. The number of rotatable bonds is 2. The van der Waals surface area contributed by atoms with Gasteiger partial charge in [0.05, 0.1) is 6.61 Å². The molecule has 2 unspecified atom stereocenters. The first-order valence-corrected chi connectivity index (χ1v) is 3.62. The van der Waals surface area contributed by atoms with Crippen molar-refractivity contribution in [2.75, 3.05) is 13.7 Å². The molecule has 0 bridgehead atoms. The Labute approximate surface area is 57.4 Å². The maximum absolute atomic E-state index is 5.11. The van der Waals surface area contributed by atoms with E-state index in [1.807, 2.05) is 0 Å². The normalized spacial score (nSPS) is 49.3. The van der Waals surface area contributed by atoms with E-state index in [0.717, 1.165) is 18.4 Å². The summed E-state index contributed by atoms with van der Waals surface area (Å²) in [6, 6.07) is 0. The largest absolute Gasteiger partial charge is 0.384 e. The van der Waals surface area contributed by atoms with E-state index in [1.54, 1.807) is 7.11 Å². The highest BCUT2D eigenvalue weighted by Gasteiger charge is 2.54. The van der Waals surface area contributed by atoms with E-state index in [-0.39, 0.29) is 0 Å². The van der Waals surface area contributed by atoms with Crippen molar-refractivity contribution >= 4 is 0 Å². The minimum Gasteiger partial charge on any atom is -0.384 e. The molecular formula is C8H16O. The first kappa shape index (κ1) is 7.07. The molecule has 1 fully saturated rings. The zero-order chi connectivity index (χ0) is 7.07. The third kappa shape index (κ3) is 0.877. The van der Waals surface area contributed by atoms with Crippen LogP contribution in [0.4, 0.5) is 0 Å². The van der Waals surface area contributed by atoms with Crippen molar-refractivity contribution < 1.29 is 4.74 Å². The van der Waals surface area contributed by atoms with E-state index in [4.69, 9.17) is 4.74 Å². The van der Waals surface area contributed by atoms with Crippen LogP contribution in [-0.4, -0.2) is 13.7 Å². The molecule has 0 aliphatic heterocycles. The van der Waals surface area contributed by atoms with E-state index in [2.05, 4.69) is 20.8 Å². The lowest BCUT2D eigenvalue weighted by atomic mass is 10.1. The molecular weight excluding hydrogens is 112 g/mol. The highest BCUT2D eigenvalue weighted by Crippen LogP contribution is 2.57. The molecule has 0 N–H and O–H groups in total. The van der Waals surface area contributed by atoms with E-state index < -0.39 is 0 Å². The molecule has 0 aromatic carbocycles. The number of hydrogen-bond donors (Lipinski definition) is 0. The molecule has 0 heterocycles. The molecule has 54 valence electrons. The van der Waals surface area contributed by atoms with E-state index in [1.165, 1.54) is 0 Å². The Morgan fingerprint density at radius 2 is 1.78 bits per heavy atom. The molecule has 9 heavy (non-hydrogen) atoms. The van der Waals surface area contributed by atoms with Gasteiger partial charge >= 0.3 is 0 Å². The third-order valence-corrected chi connectivity index (χ3v) is 3.18. The van der Waals surface area contributed by atoms with Crippen LogP contribution in [0, 0.1) is 17.3 Å². The van der Waals surface area contributed by atoms with Crippen molar-refractivity contribution in [3.8, 4) is 0 Å². The summed E-state index contributed by atoms with van der Waals surface area (Å²) < 4.78 is 5.11. The van der Waals surface area contributed by atoms with Crippen LogP contribution >= 0.6 is 0 Å². The third-order valence-electron chi connectivity index (χ3n) is 3.18. The highest BCUT2D eigenvalue weighted by atomic mass is 16.5. The first-order valence-electron chi connectivity index (χ1n) is 3.62. The van der Waals surface area contributed by atoms with Crippen molar-refractivity contribution in [3.05, 3.63) is 0 Å². The fourth-order valence-corrected chi connectivity index (χ4v) is 1.64. The average molecular weight is 128 g/mol. The average Bonchev–Trinajstić information content (AvgIpc) is 2.22. The van der Waals surface area contributed by atoms with Gasteiger partial charge in [-0.3, -0.25) is 0 Å². The fraction of sp³-hybridized carbons (Fsp3) is 1.00. The Balaban J connectivity index is 2.40. The predicted octanol–water partition coefficient (Wildman–Crippen LogP) is 1.92. The number of methoxy groups -OCH3 is 1. The Kier molecular flexibility index (Phi) is 1.55. The molecule has 0 spiro atoms. The van der Waals surface area contributed by atoms with E-state index in [9.17, 15) is 0 Å². The van der Waals surface area contributed by atoms with Crippen LogP contribution < -0.4 is 0 Å². The van der Waals surface area contributed by atoms with Crippen LogP contribution in [-0.2, 0) is 4.74 Å². The molecule has 1 heteroatoms. The van der Waals surface area contributed by atoms with E-state index in [0.29, 0.717) is 5.41 Å². The standard InChI is InChI=1S/C8H16O/c1-6-7(2)8(6,3)5-9-4/h6-7H,5H2,1-4H3. The van der Waals surface area contributed by atoms with Crippen LogP contribution in [0.3, 0.4) is 0 Å². The van der Waals surface area contributed by atoms with Gasteiger partial charge < -0.3 is 4.74 Å². The molecule has 0 amide bonds. The maximum Gasteiger partial charge on any atom is 0.0521 e. The quantitative estimate of drug-likeness (QED) is 0.552. The summed E-state index contributed by atoms with van der Waals surface area (Å²) in [6.45, 7) is 7.81. The van der Waals surface area contributed by atoms with Gasteiger partial charge in [0, 0.05) is 7.11 Å². The van der Waals surface area contributed by atoms with Crippen LogP contribution in [0.1, 0.15) is 20.8 Å². The van der Waals surface area contributed by atoms with Gasteiger partial charge in [0.15, 0.2) is 0 Å². The van der Waals surface area contributed by atoms with Crippen molar-refractivity contribution in [1.29, 1.82) is 0 Å². The SMILES string of the molecule is COCC1(C)C(C)C1C. The molecule has 1 aliphatic carbocycles. The second-order valence-electron chi connectivity index (χ2n) is 3.52. The molecule has 1 saturated carbocycles. The smallest absolute Gasteiger partial charge is 0.0521 e. The second-order valence-corrected chi connectivity index (χ2v) is 3.52. The predicted molar refractivity (Wildman–Crippen MR) is 38.3 cm³/mol. The van der Waals surface area contributed by atoms with Gasteiger partial charge in [0.25, 0.3) is 0 Å².